The van der Waals surface area contributed by atoms with Crippen molar-refractivity contribution in [2.24, 2.45) is 23.1 Å². The Bertz CT molecular complexity index is 1270. The lowest BCUT2D eigenvalue weighted by atomic mass is 10.00. The lowest BCUT2D eigenvalue weighted by Crippen LogP contribution is -2.60. The van der Waals surface area contributed by atoms with Crippen molar-refractivity contribution in [3.8, 4) is 5.75 Å². The third kappa shape index (κ3) is 11.5. The minimum Gasteiger partial charge on any atom is -0.508 e. The molecule has 1 aromatic rings. The molecule has 17 heteroatoms. The Morgan fingerprint density at radius 3 is 2.22 bits per heavy atom. The molecule has 1 fully saturated rings. The maximum atomic E-state index is 13.3. The van der Waals surface area contributed by atoms with E-state index in [1.165, 1.54) is 17.0 Å². The number of amides is 5. The fourth-order valence-electron chi connectivity index (χ4n) is 4.98. The number of hydrogen-bond donors (Lipinski definition) is 10. The number of rotatable bonds is 17. The van der Waals surface area contributed by atoms with Gasteiger partial charge in [-0.2, -0.15) is 0 Å². The quantitative estimate of drug-likeness (QED) is 0.0482. The van der Waals surface area contributed by atoms with Crippen LogP contribution in [0.2, 0.25) is 0 Å². The summed E-state index contributed by atoms with van der Waals surface area (Å²) in [6, 6.07) is 0.0336. The molecular weight excluding hydrogens is 602 g/mol. The molecule has 254 valence electrons. The van der Waals surface area contributed by atoms with Crippen molar-refractivity contribution in [3.05, 3.63) is 29.8 Å². The second-order valence-corrected chi connectivity index (χ2v) is 11.5. The third-order valence-electron chi connectivity index (χ3n) is 7.46. The van der Waals surface area contributed by atoms with Gasteiger partial charge < -0.3 is 53.6 Å². The van der Waals surface area contributed by atoms with Gasteiger partial charge in [0.25, 0.3) is 0 Å². The van der Waals surface area contributed by atoms with Crippen LogP contribution in [0.1, 0.15) is 51.5 Å². The van der Waals surface area contributed by atoms with Gasteiger partial charge in [-0.3, -0.25) is 34.2 Å². The van der Waals surface area contributed by atoms with Gasteiger partial charge in [-0.05, 0) is 49.3 Å². The first-order valence-electron chi connectivity index (χ1n) is 14.9. The van der Waals surface area contributed by atoms with Gasteiger partial charge in [0.05, 0.1) is 12.5 Å². The number of aromatic hydroxyl groups is 1. The number of nitrogens with one attached hydrogen (secondary N) is 5. The van der Waals surface area contributed by atoms with Crippen molar-refractivity contribution in [2.45, 2.75) is 82.6 Å². The third-order valence-corrected chi connectivity index (χ3v) is 7.46. The number of guanidine groups is 1. The molecule has 17 nitrogen and oxygen atoms in total. The van der Waals surface area contributed by atoms with Crippen molar-refractivity contribution in [2.75, 3.05) is 13.1 Å². The molecule has 0 aromatic heterocycles. The number of primary amides is 1. The highest BCUT2D eigenvalue weighted by Gasteiger charge is 2.38. The Balaban J connectivity index is 2.10. The Hall–Kier alpha value is -4.93. The molecule has 2 rings (SSSR count). The number of phenols is 1. The number of carboxylic acid groups (broad SMARTS) is 1. The molecule has 0 spiro atoms. The Morgan fingerprint density at radius 2 is 1.65 bits per heavy atom. The van der Waals surface area contributed by atoms with Crippen molar-refractivity contribution < 1.29 is 39.0 Å². The largest absolute Gasteiger partial charge is 0.508 e. The zero-order valence-electron chi connectivity index (χ0n) is 26.0. The first kappa shape index (κ1) is 37.3. The van der Waals surface area contributed by atoms with Gasteiger partial charge in [0.15, 0.2) is 5.96 Å². The Kier molecular flexibility index (Phi) is 14.2. The number of phenolic OH excluding ortho intramolecular Hbond substituents is 1. The van der Waals surface area contributed by atoms with E-state index in [1.54, 1.807) is 26.0 Å². The van der Waals surface area contributed by atoms with Crippen molar-refractivity contribution in [3.63, 3.8) is 0 Å². The van der Waals surface area contributed by atoms with Gasteiger partial charge >= 0.3 is 5.97 Å². The molecule has 1 saturated heterocycles. The van der Waals surface area contributed by atoms with E-state index in [2.05, 4.69) is 21.3 Å². The molecule has 0 aliphatic carbocycles. The monoisotopic (exact) mass is 647 g/mol. The maximum Gasteiger partial charge on any atom is 0.305 e. The predicted molar refractivity (Wildman–Crippen MR) is 166 cm³/mol. The van der Waals surface area contributed by atoms with Crippen LogP contribution in [0.25, 0.3) is 0 Å². The summed E-state index contributed by atoms with van der Waals surface area (Å²) >= 11 is 0. The lowest BCUT2D eigenvalue weighted by Gasteiger charge is -2.29. The highest BCUT2D eigenvalue weighted by atomic mass is 16.4. The smallest absolute Gasteiger partial charge is 0.305 e. The molecule has 5 atom stereocenters. The van der Waals surface area contributed by atoms with E-state index in [0.29, 0.717) is 24.9 Å². The van der Waals surface area contributed by atoms with Crippen molar-refractivity contribution in [1.29, 1.82) is 5.41 Å². The molecule has 1 aliphatic heterocycles. The summed E-state index contributed by atoms with van der Waals surface area (Å²) in [6.07, 6.45) is 0.659. The van der Waals surface area contributed by atoms with Crippen LogP contribution in [0.5, 0.6) is 5.75 Å². The SMILES string of the molecule is CC(C)[C@H](NC(=O)[C@H](CC(=O)O)NC(=O)[C@@H]1CCCN1C(=O)[C@@H](N)CCCNC(=N)N)C(=O)N[C@@H](Cc1ccc(O)cc1)C(N)=O. The van der Waals surface area contributed by atoms with Crippen LogP contribution in [0.15, 0.2) is 24.3 Å². The fourth-order valence-corrected chi connectivity index (χ4v) is 4.98. The van der Waals surface area contributed by atoms with Crippen LogP contribution in [0.4, 0.5) is 0 Å². The molecule has 0 unspecified atom stereocenters. The summed E-state index contributed by atoms with van der Waals surface area (Å²) in [5, 5.41) is 36.2. The van der Waals surface area contributed by atoms with E-state index in [4.69, 9.17) is 22.6 Å². The second kappa shape index (κ2) is 17.5. The number of carboxylic acids is 1. The molecule has 1 heterocycles. The van der Waals surface area contributed by atoms with Gasteiger partial charge in [0.1, 0.15) is 29.9 Å². The standard InChI is InChI=1S/C29H45N9O8/c1-15(2)23(27(45)35-19(24(31)42)13-16-7-9-17(39)10-8-16)37-25(43)20(14-22(40)41)36-26(44)21-6-4-12-38(21)28(46)18(30)5-3-11-34-29(32)33/h7-10,15,18-21,23,39H,3-6,11-14,30H2,1-2H3,(H2,31,42)(H,35,45)(H,36,44)(H,37,43)(H,40,41)(H4,32,33,34)/t18-,19-,20-,21-,23-/m0/s1. The molecule has 13 N–H and O–H groups in total. The van der Waals surface area contributed by atoms with Gasteiger partial charge in [-0.15, -0.1) is 0 Å². The average Bonchev–Trinajstić information content (AvgIpc) is 3.47. The summed E-state index contributed by atoms with van der Waals surface area (Å²) in [7, 11) is 0. The molecule has 0 radical (unpaired) electrons. The predicted octanol–water partition coefficient (Wildman–Crippen LogP) is -2.41. The highest BCUT2D eigenvalue weighted by Crippen LogP contribution is 2.20. The molecule has 1 aromatic carbocycles. The van der Waals surface area contributed by atoms with E-state index in [0.717, 1.165) is 0 Å². The summed E-state index contributed by atoms with van der Waals surface area (Å²) in [5.74, 6) is -5.89. The van der Waals surface area contributed by atoms with Crippen LogP contribution < -0.4 is 38.5 Å². The number of likely N-dealkylation sites (tertiary alicyclic amines) is 1. The maximum absolute atomic E-state index is 13.3. The summed E-state index contributed by atoms with van der Waals surface area (Å²) in [6.45, 7) is 3.82. The molecule has 1 aliphatic rings. The number of nitrogens with two attached hydrogens (primary N) is 3. The number of nitrogens with zero attached hydrogens (tertiary/aromatic N) is 1. The zero-order chi connectivity index (χ0) is 34.6. The van der Waals surface area contributed by atoms with Gasteiger partial charge in [0, 0.05) is 19.5 Å². The summed E-state index contributed by atoms with van der Waals surface area (Å²) in [4.78, 5) is 77.8. The van der Waals surface area contributed by atoms with Crippen molar-refractivity contribution >= 4 is 41.5 Å². The molecule has 46 heavy (non-hydrogen) atoms. The Labute approximate surface area is 266 Å². The summed E-state index contributed by atoms with van der Waals surface area (Å²) in [5.41, 5.74) is 17.4. The van der Waals surface area contributed by atoms with Crippen LogP contribution in [0, 0.1) is 11.3 Å². The number of carbonyl (C=O) groups excluding carboxylic acids is 5. The van der Waals surface area contributed by atoms with Gasteiger partial charge in [0.2, 0.25) is 29.5 Å². The van der Waals surface area contributed by atoms with E-state index >= 15 is 0 Å². The first-order chi connectivity index (χ1) is 21.6. The highest BCUT2D eigenvalue weighted by molar-refractivity contribution is 5.97. The minimum atomic E-state index is -1.59. The average molecular weight is 648 g/mol. The molecular formula is C29H45N9O8. The van der Waals surface area contributed by atoms with E-state index in [9.17, 15) is 39.0 Å². The van der Waals surface area contributed by atoms with E-state index in [-0.39, 0.29) is 37.5 Å². The minimum absolute atomic E-state index is 0.00732. The zero-order valence-corrected chi connectivity index (χ0v) is 26.0. The first-order valence-corrected chi connectivity index (χ1v) is 14.9. The molecule has 5 amide bonds. The lowest BCUT2D eigenvalue weighted by molar-refractivity contribution is -0.143. The number of carbonyl (C=O) groups is 6. The van der Waals surface area contributed by atoms with Gasteiger partial charge in [-0.1, -0.05) is 26.0 Å². The van der Waals surface area contributed by atoms with E-state index < -0.39 is 78.1 Å². The van der Waals surface area contributed by atoms with Crippen LogP contribution in [0.3, 0.4) is 0 Å². The van der Waals surface area contributed by atoms with E-state index in [1.807, 2.05) is 0 Å². The fraction of sp³-hybridized carbons (Fsp3) is 0.552. The number of aliphatic carboxylic acids is 1. The molecule has 0 saturated carbocycles. The van der Waals surface area contributed by atoms with Gasteiger partial charge in [-0.25, -0.2) is 0 Å². The van der Waals surface area contributed by atoms with Crippen molar-refractivity contribution in [1.82, 2.24) is 26.2 Å². The summed E-state index contributed by atoms with van der Waals surface area (Å²) < 4.78 is 0. The van der Waals surface area contributed by atoms with Crippen LogP contribution in [-0.2, 0) is 35.2 Å². The number of benzene rings is 1. The van der Waals surface area contributed by atoms with Crippen LogP contribution >= 0.6 is 0 Å². The topological polar surface area (TPSA) is 296 Å². The normalized spacial score (nSPS) is 16.9. The van der Waals surface area contributed by atoms with Crippen LogP contribution in [-0.4, -0.2) is 99.9 Å². The second-order valence-electron chi connectivity index (χ2n) is 11.5. The molecule has 0 bridgehead atoms. The Morgan fingerprint density at radius 1 is 1.00 bits per heavy atom. The number of hydrogen-bond acceptors (Lipinski definition) is 9.